The third-order valence-corrected chi connectivity index (χ3v) is 3.96. The number of carbonyl (C=O) groups is 2. The second kappa shape index (κ2) is 7.16. The summed E-state index contributed by atoms with van der Waals surface area (Å²) in [6, 6.07) is 11.6. The van der Waals surface area contributed by atoms with Crippen molar-refractivity contribution in [3.8, 4) is 0 Å². The molecule has 0 saturated carbocycles. The molecule has 7 heteroatoms. The molecule has 1 saturated heterocycles. The number of hydrogen-bond acceptors (Lipinski definition) is 4. The summed E-state index contributed by atoms with van der Waals surface area (Å²) in [6.45, 7) is 0.713. The van der Waals surface area contributed by atoms with Crippen LogP contribution >= 0.6 is 0 Å². The first-order valence-electron chi connectivity index (χ1n) is 7.90. The van der Waals surface area contributed by atoms with Crippen LogP contribution in [-0.4, -0.2) is 41.0 Å². The van der Waals surface area contributed by atoms with Crippen LogP contribution in [0.4, 0.5) is 10.6 Å². The van der Waals surface area contributed by atoms with Gasteiger partial charge in [0, 0.05) is 19.5 Å². The Morgan fingerprint density at radius 1 is 1.33 bits per heavy atom. The summed E-state index contributed by atoms with van der Waals surface area (Å²) >= 11 is 0. The first-order chi connectivity index (χ1) is 11.6. The minimum absolute atomic E-state index is 0.0473. The molecule has 0 radical (unpaired) electrons. The summed E-state index contributed by atoms with van der Waals surface area (Å²) in [4.78, 5) is 25.4. The molecule has 1 fully saturated rings. The Balaban J connectivity index is 1.45. The van der Waals surface area contributed by atoms with Gasteiger partial charge < -0.3 is 10.1 Å². The highest BCUT2D eigenvalue weighted by Gasteiger charge is 2.33. The molecule has 2 aromatic rings. The van der Waals surface area contributed by atoms with E-state index in [0.717, 1.165) is 5.56 Å². The highest BCUT2D eigenvalue weighted by Crippen LogP contribution is 2.20. The van der Waals surface area contributed by atoms with Crippen LogP contribution < -0.4 is 10.2 Å². The van der Waals surface area contributed by atoms with E-state index in [1.807, 2.05) is 30.3 Å². The minimum Gasteiger partial charge on any atom is -0.442 e. The molecule has 3 rings (SSSR count). The SMILES string of the molecule is Cn1nccc1N1CC(CNC(=O)CCc2ccccc2)OC1=O. The van der Waals surface area contributed by atoms with Crippen LogP contribution in [0.3, 0.4) is 0 Å². The molecule has 1 unspecified atom stereocenters. The van der Waals surface area contributed by atoms with Gasteiger partial charge in [-0.2, -0.15) is 5.10 Å². The van der Waals surface area contributed by atoms with Crippen molar-refractivity contribution in [3.05, 3.63) is 48.2 Å². The topological polar surface area (TPSA) is 76.5 Å². The van der Waals surface area contributed by atoms with E-state index in [4.69, 9.17) is 4.74 Å². The number of hydrogen-bond donors (Lipinski definition) is 1. The maximum atomic E-state index is 11.9. The van der Waals surface area contributed by atoms with Crippen LogP contribution in [0.1, 0.15) is 12.0 Å². The van der Waals surface area contributed by atoms with E-state index < -0.39 is 6.09 Å². The lowest BCUT2D eigenvalue weighted by atomic mass is 10.1. The summed E-state index contributed by atoms with van der Waals surface area (Å²) in [7, 11) is 1.77. The number of ether oxygens (including phenoxy) is 1. The van der Waals surface area contributed by atoms with Gasteiger partial charge >= 0.3 is 6.09 Å². The molecular weight excluding hydrogens is 308 g/mol. The molecule has 2 heterocycles. The van der Waals surface area contributed by atoms with Gasteiger partial charge in [-0.15, -0.1) is 0 Å². The number of anilines is 1. The summed E-state index contributed by atoms with van der Waals surface area (Å²) in [6.07, 6.45) is 1.96. The lowest BCUT2D eigenvalue weighted by molar-refractivity contribution is -0.121. The van der Waals surface area contributed by atoms with Gasteiger partial charge in [-0.05, 0) is 12.0 Å². The van der Waals surface area contributed by atoms with Crippen molar-refractivity contribution >= 4 is 17.8 Å². The zero-order chi connectivity index (χ0) is 16.9. The molecule has 2 amide bonds. The molecular formula is C17H20N4O3. The summed E-state index contributed by atoms with van der Waals surface area (Å²) < 4.78 is 6.91. The Kier molecular flexibility index (Phi) is 4.79. The fourth-order valence-electron chi connectivity index (χ4n) is 2.67. The number of aryl methyl sites for hydroxylation is 2. The number of cyclic esters (lactones) is 1. The Hall–Kier alpha value is -2.83. The van der Waals surface area contributed by atoms with E-state index in [9.17, 15) is 9.59 Å². The monoisotopic (exact) mass is 328 g/mol. The second-order valence-electron chi connectivity index (χ2n) is 5.72. The van der Waals surface area contributed by atoms with E-state index >= 15 is 0 Å². The van der Waals surface area contributed by atoms with E-state index in [0.29, 0.717) is 31.7 Å². The van der Waals surface area contributed by atoms with Crippen molar-refractivity contribution in [3.63, 3.8) is 0 Å². The van der Waals surface area contributed by atoms with Crippen LogP contribution in [0.5, 0.6) is 0 Å². The van der Waals surface area contributed by atoms with Gasteiger partial charge in [0.05, 0.1) is 19.3 Å². The number of carbonyl (C=O) groups excluding carboxylic acids is 2. The summed E-state index contributed by atoms with van der Waals surface area (Å²) in [5.41, 5.74) is 1.13. The lowest BCUT2D eigenvalue weighted by Gasteiger charge is -2.12. The molecule has 0 bridgehead atoms. The number of rotatable bonds is 6. The number of benzene rings is 1. The fourth-order valence-corrected chi connectivity index (χ4v) is 2.67. The van der Waals surface area contributed by atoms with E-state index in [1.54, 1.807) is 24.0 Å². The molecule has 24 heavy (non-hydrogen) atoms. The van der Waals surface area contributed by atoms with Gasteiger partial charge in [-0.25, -0.2) is 4.79 Å². The van der Waals surface area contributed by atoms with Crippen LogP contribution in [-0.2, 0) is 23.0 Å². The average molecular weight is 328 g/mol. The molecule has 126 valence electrons. The van der Waals surface area contributed by atoms with Crippen LogP contribution in [0.25, 0.3) is 0 Å². The normalized spacial score (nSPS) is 17.0. The maximum Gasteiger partial charge on any atom is 0.416 e. The maximum absolute atomic E-state index is 11.9. The average Bonchev–Trinajstić information content (AvgIpc) is 3.17. The minimum atomic E-state index is -0.415. The molecule has 1 aliphatic heterocycles. The van der Waals surface area contributed by atoms with Crippen molar-refractivity contribution in [1.82, 2.24) is 15.1 Å². The molecule has 1 N–H and O–H groups in total. The van der Waals surface area contributed by atoms with Gasteiger partial charge in [0.2, 0.25) is 5.91 Å². The fraction of sp³-hybridized carbons (Fsp3) is 0.353. The standard InChI is InChI=1S/C17H20N4O3/c1-20-16(9-10-19-20)21-12-14(24-17(21)23)11-18-15(22)8-7-13-5-3-2-4-6-13/h2-6,9-10,14H,7-8,11-12H2,1H3,(H,18,22). The Morgan fingerprint density at radius 2 is 2.12 bits per heavy atom. The predicted molar refractivity (Wildman–Crippen MR) is 88.6 cm³/mol. The summed E-state index contributed by atoms with van der Waals surface area (Å²) in [5.74, 6) is 0.631. The molecule has 1 aromatic carbocycles. The first-order valence-corrected chi connectivity index (χ1v) is 7.90. The molecule has 1 aliphatic rings. The summed E-state index contributed by atoms with van der Waals surface area (Å²) in [5, 5.41) is 6.88. The number of aromatic nitrogens is 2. The molecule has 7 nitrogen and oxygen atoms in total. The number of nitrogens with zero attached hydrogens (tertiary/aromatic N) is 3. The molecule has 1 aromatic heterocycles. The van der Waals surface area contributed by atoms with Crippen LogP contribution in [0, 0.1) is 0 Å². The zero-order valence-corrected chi connectivity index (χ0v) is 13.5. The third-order valence-electron chi connectivity index (χ3n) is 3.96. The number of nitrogens with one attached hydrogen (secondary N) is 1. The van der Waals surface area contributed by atoms with Gasteiger partial charge in [-0.3, -0.25) is 14.4 Å². The van der Waals surface area contributed by atoms with Crippen molar-refractivity contribution in [2.75, 3.05) is 18.0 Å². The Labute approximate surface area is 140 Å². The Bertz CT molecular complexity index is 714. The van der Waals surface area contributed by atoms with Gasteiger partial charge in [0.25, 0.3) is 0 Å². The highest BCUT2D eigenvalue weighted by atomic mass is 16.6. The van der Waals surface area contributed by atoms with Gasteiger partial charge in [-0.1, -0.05) is 30.3 Å². The molecule has 1 atom stereocenters. The lowest BCUT2D eigenvalue weighted by Crippen LogP contribution is -2.35. The van der Waals surface area contributed by atoms with Crippen LogP contribution in [0.2, 0.25) is 0 Å². The first kappa shape index (κ1) is 16.0. The Morgan fingerprint density at radius 3 is 2.83 bits per heavy atom. The largest absolute Gasteiger partial charge is 0.442 e. The predicted octanol–water partition coefficient (Wildman–Crippen LogP) is 1.49. The smallest absolute Gasteiger partial charge is 0.416 e. The zero-order valence-electron chi connectivity index (χ0n) is 13.5. The van der Waals surface area contributed by atoms with Gasteiger partial charge in [0.1, 0.15) is 11.9 Å². The molecule has 0 aliphatic carbocycles. The van der Waals surface area contributed by atoms with Crippen molar-refractivity contribution < 1.29 is 14.3 Å². The third kappa shape index (κ3) is 3.73. The van der Waals surface area contributed by atoms with E-state index in [2.05, 4.69) is 10.4 Å². The highest BCUT2D eigenvalue weighted by molar-refractivity contribution is 5.88. The van der Waals surface area contributed by atoms with Crippen molar-refractivity contribution in [1.29, 1.82) is 0 Å². The number of amides is 2. The van der Waals surface area contributed by atoms with E-state index in [1.165, 1.54) is 4.90 Å². The quantitative estimate of drug-likeness (QED) is 0.872. The second-order valence-corrected chi connectivity index (χ2v) is 5.72. The van der Waals surface area contributed by atoms with Crippen molar-refractivity contribution in [2.45, 2.75) is 18.9 Å². The van der Waals surface area contributed by atoms with Crippen LogP contribution in [0.15, 0.2) is 42.6 Å². The van der Waals surface area contributed by atoms with E-state index in [-0.39, 0.29) is 12.0 Å². The molecule has 0 spiro atoms. The van der Waals surface area contributed by atoms with Gasteiger partial charge in [0.15, 0.2) is 0 Å². The van der Waals surface area contributed by atoms with Crippen molar-refractivity contribution in [2.24, 2.45) is 7.05 Å².